The normalized spacial score (nSPS) is 14.7. The van der Waals surface area contributed by atoms with Crippen molar-refractivity contribution in [1.29, 1.82) is 0 Å². The predicted octanol–water partition coefficient (Wildman–Crippen LogP) is 4.32. The number of nitrogens with one attached hydrogen (secondary N) is 1. The molecule has 0 aliphatic carbocycles. The van der Waals surface area contributed by atoms with Crippen LogP contribution in [0, 0.1) is 6.92 Å². The van der Waals surface area contributed by atoms with Gasteiger partial charge in [0.05, 0.1) is 10.7 Å². The molecule has 7 heteroatoms. The van der Waals surface area contributed by atoms with Gasteiger partial charge < -0.3 is 4.90 Å². The maximum atomic E-state index is 13.3. The minimum absolute atomic E-state index is 0.0861. The number of carbonyl (C=O) groups is 1. The second-order valence-corrected chi connectivity index (χ2v) is 10.2. The monoisotopic (exact) mass is 420 g/mol. The molecule has 0 bridgehead atoms. The number of hydrogen-bond acceptors (Lipinski definition) is 3. The number of benzene rings is 2. The van der Waals surface area contributed by atoms with Gasteiger partial charge in [0.25, 0.3) is 5.91 Å². The maximum absolute atomic E-state index is 13.3. The van der Waals surface area contributed by atoms with Crippen LogP contribution in [-0.4, -0.2) is 26.4 Å². The minimum Gasteiger partial charge on any atom is -0.308 e. The van der Waals surface area contributed by atoms with Gasteiger partial charge in [-0.3, -0.25) is 4.79 Å². The summed E-state index contributed by atoms with van der Waals surface area (Å²) in [5.41, 5.74) is 2.73. The quantitative estimate of drug-likeness (QED) is 0.804. The lowest BCUT2D eigenvalue weighted by molar-refractivity contribution is 0.0984. The van der Waals surface area contributed by atoms with Crippen LogP contribution >= 0.6 is 11.6 Å². The molecule has 0 saturated carbocycles. The summed E-state index contributed by atoms with van der Waals surface area (Å²) in [7, 11) is -3.86. The predicted molar refractivity (Wildman–Crippen MR) is 113 cm³/mol. The molecule has 0 spiro atoms. The number of fused-ring (bicyclic) bond motifs is 1. The van der Waals surface area contributed by atoms with E-state index in [-0.39, 0.29) is 15.8 Å². The highest BCUT2D eigenvalue weighted by Gasteiger charge is 2.28. The van der Waals surface area contributed by atoms with Gasteiger partial charge in [-0.25, -0.2) is 13.1 Å². The topological polar surface area (TPSA) is 66.5 Å². The van der Waals surface area contributed by atoms with Gasteiger partial charge in [0.1, 0.15) is 4.90 Å². The number of hydrogen-bond donors (Lipinski definition) is 1. The fourth-order valence-corrected chi connectivity index (χ4v) is 5.45. The first-order chi connectivity index (χ1) is 13.0. The maximum Gasteiger partial charge on any atom is 0.258 e. The Morgan fingerprint density at radius 1 is 1.18 bits per heavy atom. The van der Waals surface area contributed by atoms with Gasteiger partial charge in [0, 0.05) is 17.6 Å². The van der Waals surface area contributed by atoms with Crippen LogP contribution in [-0.2, 0) is 16.4 Å². The number of para-hydroxylation sites is 1. The summed E-state index contributed by atoms with van der Waals surface area (Å²) < 4.78 is 28.1. The molecule has 1 N–H and O–H groups in total. The van der Waals surface area contributed by atoms with Crippen LogP contribution in [0.25, 0.3) is 0 Å². The SMILES string of the molecule is Cc1cccc2c1N(C(=O)c1ccc(Cl)c(S(=O)(=O)NC(C)(C)C)c1)CCC2. The molecule has 5 nitrogen and oxygen atoms in total. The van der Waals surface area contributed by atoms with E-state index in [1.165, 1.54) is 12.1 Å². The summed E-state index contributed by atoms with van der Waals surface area (Å²) in [4.78, 5) is 14.9. The number of rotatable bonds is 3. The van der Waals surface area contributed by atoms with Crippen molar-refractivity contribution in [3.05, 3.63) is 58.1 Å². The van der Waals surface area contributed by atoms with Crippen LogP contribution in [0.5, 0.6) is 0 Å². The number of nitrogens with zero attached hydrogens (tertiary/aromatic N) is 1. The van der Waals surface area contributed by atoms with Crippen molar-refractivity contribution in [2.24, 2.45) is 0 Å². The van der Waals surface area contributed by atoms with Crippen molar-refractivity contribution in [1.82, 2.24) is 4.72 Å². The molecular formula is C21H25ClN2O3S. The fourth-order valence-electron chi connectivity index (χ4n) is 3.51. The average Bonchev–Trinajstić information content (AvgIpc) is 2.59. The summed E-state index contributed by atoms with van der Waals surface area (Å²) >= 11 is 6.16. The van der Waals surface area contributed by atoms with Crippen LogP contribution < -0.4 is 9.62 Å². The molecule has 1 heterocycles. The van der Waals surface area contributed by atoms with Gasteiger partial charge in [-0.05, 0) is 69.9 Å². The molecule has 1 aliphatic heterocycles. The van der Waals surface area contributed by atoms with E-state index in [9.17, 15) is 13.2 Å². The smallest absolute Gasteiger partial charge is 0.258 e. The molecule has 1 aliphatic rings. The van der Waals surface area contributed by atoms with Gasteiger partial charge in [-0.2, -0.15) is 0 Å². The van der Waals surface area contributed by atoms with Crippen LogP contribution in [0.15, 0.2) is 41.3 Å². The molecule has 0 atom stereocenters. The Balaban J connectivity index is 2.02. The summed E-state index contributed by atoms with van der Waals surface area (Å²) in [5.74, 6) is -0.223. The van der Waals surface area contributed by atoms with Crippen molar-refractivity contribution < 1.29 is 13.2 Å². The highest BCUT2D eigenvalue weighted by atomic mass is 35.5. The third kappa shape index (κ3) is 4.24. The Labute approximate surface area is 171 Å². The number of halogens is 1. The highest BCUT2D eigenvalue weighted by molar-refractivity contribution is 7.89. The molecule has 2 aromatic rings. The Bertz CT molecular complexity index is 1030. The number of aryl methyl sites for hydroxylation is 2. The molecule has 0 saturated heterocycles. The van der Waals surface area contributed by atoms with Gasteiger partial charge in [-0.1, -0.05) is 29.8 Å². The Hall–Kier alpha value is -1.89. The largest absolute Gasteiger partial charge is 0.308 e. The molecule has 150 valence electrons. The summed E-state index contributed by atoms with van der Waals surface area (Å²) in [5, 5.41) is 0.0866. The van der Waals surface area contributed by atoms with E-state index in [1.807, 2.05) is 25.1 Å². The van der Waals surface area contributed by atoms with Crippen LogP contribution in [0.4, 0.5) is 5.69 Å². The van der Waals surface area contributed by atoms with E-state index >= 15 is 0 Å². The van der Waals surface area contributed by atoms with Crippen LogP contribution in [0.3, 0.4) is 0 Å². The van der Waals surface area contributed by atoms with Gasteiger partial charge >= 0.3 is 0 Å². The minimum atomic E-state index is -3.86. The van der Waals surface area contributed by atoms with E-state index < -0.39 is 15.6 Å². The molecule has 1 amide bonds. The molecule has 3 rings (SSSR count). The zero-order valence-corrected chi connectivity index (χ0v) is 18.1. The summed E-state index contributed by atoms with van der Waals surface area (Å²) in [6.07, 6.45) is 1.79. The first-order valence-corrected chi connectivity index (χ1v) is 11.1. The number of anilines is 1. The second kappa shape index (κ2) is 7.50. The Kier molecular flexibility index (Phi) is 5.58. The van der Waals surface area contributed by atoms with Crippen LogP contribution in [0.2, 0.25) is 5.02 Å². The Morgan fingerprint density at radius 2 is 1.89 bits per heavy atom. The van der Waals surface area contributed by atoms with E-state index in [0.717, 1.165) is 29.7 Å². The molecule has 2 aromatic carbocycles. The van der Waals surface area contributed by atoms with E-state index in [4.69, 9.17) is 11.6 Å². The lowest BCUT2D eigenvalue weighted by atomic mass is 9.97. The number of amides is 1. The number of sulfonamides is 1. The Morgan fingerprint density at radius 3 is 2.57 bits per heavy atom. The average molecular weight is 421 g/mol. The molecular weight excluding hydrogens is 396 g/mol. The molecule has 0 aromatic heterocycles. The third-order valence-electron chi connectivity index (χ3n) is 4.57. The van der Waals surface area contributed by atoms with Crippen molar-refractivity contribution in [2.75, 3.05) is 11.4 Å². The molecule has 0 radical (unpaired) electrons. The van der Waals surface area contributed by atoms with E-state index in [0.29, 0.717) is 12.1 Å². The lowest BCUT2D eigenvalue weighted by Crippen LogP contribution is -2.40. The zero-order valence-electron chi connectivity index (χ0n) is 16.5. The van der Waals surface area contributed by atoms with Gasteiger partial charge in [-0.15, -0.1) is 0 Å². The lowest BCUT2D eigenvalue weighted by Gasteiger charge is -2.31. The van der Waals surface area contributed by atoms with Crippen molar-refractivity contribution >= 4 is 33.2 Å². The standard InChI is InChI=1S/C21H25ClN2O3S/c1-14-7-5-8-15-9-6-12-24(19(14)15)20(25)16-10-11-17(22)18(13-16)28(26,27)23-21(2,3)4/h5,7-8,10-11,13,23H,6,9,12H2,1-4H3. The fraction of sp³-hybridized carbons (Fsp3) is 0.381. The van der Waals surface area contributed by atoms with Gasteiger partial charge in [0.15, 0.2) is 0 Å². The van der Waals surface area contributed by atoms with Crippen LogP contribution in [0.1, 0.15) is 48.7 Å². The molecule has 0 unspecified atom stereocenters. The van der Waals surface area contributed by atoms with E-state index in [2.05, 4.69) is 4.72 Å². The first-order valence-electron chi connectivity index (χ1n) is 9.23. The second-order valence-electron chi connectivity index (χ2n) is 8.14. The van der Waals surface area contributed by atoms with Crippen molar-refractivity contribution in [2.45, 2.75) is 51.0 Å². The number of carbonyl (C=O) groups excluding carboxylic acids is 1. The van der Waals surface area contributed by atoms with E-state index in [1.54, 1.807) is 31.7 Å². The molecule has 0 fully saturated rings. The first kappa shape index (κ1) is 20.8. The van der Waals surface area contributed by atoms with Crippen molar-refractivity contribution in [3.63, 3.8) is 0 Å². The highest BCUT2D eigenvalue weighted by Crippen LogP contribution is 2.32. The van der Waals surface area contributed by atoms with Crippen molar-refractivity contribution in [3.8, 4) is 0 Å². The van der Waals surface area contributed by atoms with Gasteiger partial charge in [0.2, 0.25) is 10.0 Å². The summed E-state index contributed by atoms with van der Waals surface area (Å²) in [6, 6.07) is 10.4. The zero-order chi connectivity index (χ0) is 20.7. The molecule has 28 heavy (non-hydrogen) atoms. The summed E-state index contributed by atoms with van der Waals surface area (Å²) in [6.45, 7) is 7.83. The third-order valence-corrected chi connectivity index (χ3v) is 6.81.